The molecule has 1 aliphatic rings. The molecule has 1 heterocycles. The van der Waals surface area contributed by atoms with E-state index in [1.54, 1.807) is 13.3 Å². The molecule has 2 aromatic rings. The minimum Gasteiger partial charge on any atom is -0.496 e. The number of ether oxygens (including phenoxy) is 1. The van der Waals surface area contributed by atoms with Crippen LogP contribution < -0.4 is 10.1 Å². The maximum atomic E-state index is 12.1. The van der Waals surface area contributed by atoms with E-state index in [9.17, 15) is 4.79 Å². The van der Waals surface area contributed by atoms with Gasteiger partial charge in [0.05, 0.1) is 18.6 Å². The standard InChI is InChI=1S/C18H16ClN3O2S/c1-24-15-5-3-2-4-13(15)11-20-22-18-21-17(23)16(25-18)10-12-6-8-14(19)9-7-12/h2-9,11,16H,10H2,1H3,(H,21,22,23)/b20-11+. The van der Waals surface area contributed by atoms with Gasteiger partial charge in [-0.25, -0.2) is 0 Å². The van der Waals surface area contributed by atoms with Crippen molar-refractivity contribution in [2.24, 2.45) is 10.2 Å². The fourth-order valence-corrected chi connectivity index (χ4v) is 3.43. The fraction of sp³-hybridized carbons (Fsp3) is 0.167. The predicted molar refractivity (Wildman–Crippen MR) is 103 cm³/mol. The Morgan fingerprint density at radius 1 is 1.24 bits per heavy atom. The third kappa shape index (κ3) is 4.61. The van der Waals surface area contributed by atoms with Crippen LogP contribution in [0.5, 0.6) is 5.75 Å². The molecule has 1 aliphatic heterocycles. The molecule has 0 spiro atoms. The van der Waals surface area contributed by atoms with Crippen molar-refractivity contribution in [2.75, 3.05) is 7.11 Å². The first-order chi connectivity index (χ1) is 12.2. The molecule has 1 amide bonds. The fourth-order valence-electron chi connectivity index (χ4n) is 2.34. The third-order valence-corrected chi connectivity index (χ3v) is 4.92. The molecule has 2 aromatic carbocycles. The summed E-state index contributed by atoms with van der Waals surface area (Å²) in [5, 5.41) is 11.8. The van der Waals surface area contributed by atoms with Crippen molar-refractivity contribution in [3.63, 3.8) is 0 Å². The average Bonchev–Trinajstić information content (AvgIpc) is 2.97. The van der Waals surface area contributed by atoms with Gasteiger partial charge in [-0.05, 0) is 36.2 Å². The number of benzene rings is 2. The quantitative estimate of drug-likeness (QED) is 0.644. The van der Waals surface area contributed by atoms with Crippen LogP contribution in [0.4, 0.5) is 0 Å². The van der Waals surface area contributed by atoms with Crippen LogP contribution in [-0.4, -0.2) is 29.6 Å². The van der Waals surface area contributed by atoms with Gasteiger partial charge in [0, 0.05) is 10.6 Å². The number of halogens is 1. The Hall–Kier alpha value is -2.31. The average molecular weight is 374 g/mol. The topological polar surface area (TPSA) is 63.1 Å². The molecule has 5 nitrogen and oxygen atoms in total. The number of methoxy groups -OCH3 is 1. The first-order valence-corrected chi connectivity index (χ1v) is 8.87. The smallest absolute Gasteiger partial charge is 0.239 e. The predicted octanol–water partition coefficient (Wildman–Crippen LogP) is 3.51. The van der Waals surface area contributed by atoms with Gasteiger partial charge >= 0.3 is 0 Å². The zero-order valence-electron chi connectivity index (χ0n) is 13.5. The van der Waals surface area contributed by atoms with E-state index in [1.807, 2.05) is 48.5 Å². The molecule has 0 aromatic heterocycles. The Balaban J connectivity index is 1.64. The van der Waals surface area contributed by atoms with Crippen LogP contribution in [0.25, 0.3) is 0 Å². The van der Waals surface area contributed by atoms with Crippen molar-refractivity contribution in [3.05, 3.63) is 64.7 Å². The third-order valence-electron chi connectivity index (χ3n) is 3.60. The Bertz CT molecular complexity index is 821. The van der Waals surface area contributed by atoms with Crippen molar-refractivity contribution in [3.8, 4) is 5.75 Å². The second kappa shape index (κ2) is 8.18. The zero-order valence-corrected chi connectivity index (χ0v) is 15.1. The zero-order chi connectivity index (χ0) is 17.6. The SMILES string of the molecule is COc1ccccc1/C=N/N=C1\NC(=O)C(Cc2ccc(Cl)cc2)S1. The summed E-state index contributed by atoms with van der Waals surface area (Å²) in [6.45, 7) is 0. The monoisotopic (exact) mass is 373 g/mol. The molecule has 3 rings (SSSR count). The second-order valence-corrected chi connectivity index (χ2v) is 6.95. The molecule has 7 heteroatoms. The number of rotatable bonds is 5. The summed E-state index contributed by atoms with van der Waals surface area (Å²) in [4.78, 5) is 12.1. The summed E-state index contributed by atoms with van der Waals surface area (Å²) in [5.41, 5.74) is 1.87. The highest BCUT2D eigenvalue weighted by atomic mass is 35.5. The highest BCUT2D eigenvalue weighted by Gasteiger charge is 2.30. The van der Waals surface area contributed by atoms with E-state index in [0.717, 1.165) is 16.9 Å². The van der Waals surface area contributed by atoms with Crippen LogP contribution in [0.2, 0.25) is 5.02 Å². The largest absolute Gasteiger partial charge is 0.496 e. The van der Waals surface area contributed by atoms with Gasteiger partial charge in [-0.3, -0.25) is 4.79 Å². The lowest BCUT2D eigenvalue weighted by Crippen LogP contribution is -2.25. The Kier molecular flexibility index (Phi) is 5.73. The summed E-state index contributed by atoms with van der Waals surface area (Å²) in [7, 11) is 1.60. The van der Waals surface area contributed by atoms with Crippen molar-refractivity contribution < 1.29 is 9.53 Å². The first kappa shape index (κ1) is 17.5. The summed E-state index contributed by atoms with van der Waals surface area (Å²) < 4.78 is 5.25. The van der Waals surface area contributed by atoms with Gasteiger partial charge in [0.25, 0.3) is 0 Å². The van der Waals surface area contributed by atoms with Crippen LogP contribution in [-0.2, 0) is 11.2 Å². The number of para-hydroxylation sites is 1. The lowest BCUT2D eigenvalue weighted by atomic mass is 10.1. The molecule has 0 bridgehead atoms. The van der Waals surface area contributed by atoms with E-state index in [-0.39, 0.29) is 11.2 Å². The van der Waals surface area contributed by atoms with E-state index >= 15 is 0 Å². The van der Waals surface area contributed by atoms with E-state index < -0.39 is 0 Å². The van der Waals surface area contributed by atoms with Gasteiger partial charge in [0.15, 0.2) is 5.17 Å². The highest BCUT2D eigenvalue weighted by Crippen LogP contribution is 2.24. The van der Waals surface area contributed by atoms with Crippen molar-refractivity contribution in [2.45, 2.75) is 11.7 Å². The van der Waals surface area contributed by atoms with Crippen LogP contribution in [0.15, 0.2) is 58.7 Å². The molecule has 25 heavy (non-hydrogen) atoms. The Labute approximate surface area is 155 Å². The van der Waals surface area contributed by atoms with Crippen LogP contribution in [0, 0.1) is 0 Å². The number of amidine groups is 1. The summed E-state index contributed by atoms with van der Waals surface area (Å²) in [6, 6.07) is 15.0. The summed E-state index contributed by atoms with van der Waals surface area (Å²) >= 11 is 7.26. The number of nitrogens with zero attached hydrogens (tertiary/aromatic N) is 2. The lowest BCUT2D eigenvalue weighted by Gasteiger charge is -2.05. The van der Waals surface area contributed by atoms with Crippen LogP contribution in [0.1, 0.15) is 11.1 Å². The normalized spacial score (nSPS) is 18.7. The highest BCUT2D eigenvalue weighted by molar-refractivity contribution is 8.15. The number of thioether (sulfide) groups is 1. The number of hydrogen-bond acceptors (Lipinski definition) is 5. The van der Waals surface area contributed by atoms with Gasteiger partial charge in [-0.15, -0.1) is 5.10 Å². The molecule has 0 saturated carbocycles. The van der Waals surface area contributed by atoms with Gasteiger partial charge in [-0.2, -0.15) is 5.10 Å². The van der Waals surface area contributed by atoms with Crippen molar-refractivity contribution in [1.29, 1.82) is 0 Å². The van der Waals surface area contributed by atoms with Gasteiger partial charge < -0.3 is 10.1 Å². The molecule has 0 aliphatic carbocycles. The van der Waals surface area contributed by atoms with Gasteiger partial charge in [-0.1, -0.05) is 47.6 Å². The molecular weight excluding hydrogens is 358 g/mol. The van der Waals surface area contributed by atoms with E-state index in [1.165, 1.54) is 11.8 Å². The molecule has 1 atom stereocenters. The molecular formula is C18H16ClN3O2S. The number of hydrogen-bond donors (Lipinski definition) is 1. The molecule has 1 N–H and O–H groups in total. The number of amides is 1. The number of carbonyl (C=O) groups excluding carboxylic acids is 1. The lowest BCUT2D eigenvalue weighted by molar-refractivity contribution is -0.118. The number of carbonyl (C=O) groups is 1. The van der Waals surface area contributed by atoms with Crippen LogP contribution >= 0.6 is 23.4 Å². The minimum absolute atomic E-state index is 0.0637. The summed E-state index contributed by atoms with van der Waals surface area (Å²) in [6.07, 6.45) is 2.22. The minimum atomic E-state index is -0.221. The molecule has 128 valence electrons. The number of nitrogens with one attached hydrogen (secondary N) is 1. The van der Waals surface area contributed by atoms with Gasteiger partial charge in [0.2, 0.25) is 5.91 Å². The van der Waals surface area contributed by atoms with Gasteiger partial charge in [0.1, 0.15) is 5.75 Å². The first-order valence-electron chi connectivity index (χ1n) is 7.61. The van der Waals surface area contributed by atoms with Crippen LogP contribution in [0.3, 0.4) is 0 Å². The summed E-state index contributed by atoms with van der Waals surface area (Å²) in [5.74, 6) is 0.654. The maximum Gasteiger partial charge on any atom is 0.239 e. The second-order valence-electron chi connectivity index (χ2n) is 5.32. The Morgan fingerprint density at radius 3 is 2.76 bits per heavy atom. The van der Waals surface area contributed by atoms with E-state index in [2.05, 4.69) is 15.5 Å². The molecule has 1 saturated heterocycles. The van der Waals surface area contributed by atoms with E-state index in [0.29, 0.717) is 16.6 Å². The Morgan fingerprint density at radius 2 is 2.00 bits per heavy atom. The molecule has 1 unspecified atom stereocenters. The van der Waals surface area contributed by atoms with Crippen molar-refractivity contribution >= 4 is 40.7 Å². The van der Waals surface area contributed by atoms with E-state index in [4.69, 9.17) is 16.3 Å². The molecule has 1 fully saturated rings. The molecule has 0 radical (unpaired) electrons. The van der Waals surface area contributed by atoms with Crippen molar-refractivity contribution in [1.82, 2.24) is 5.32 Å². The maximum absolute atomic E-state index is 12.1.